The zero-order valence-corrected chi connectivity index (χ0v) is 12.0. The molecule has 2 heterocycles. The maximum absolute atomic E-state index is 10.8. The molecule has 6 nitrogen and oxygen atoms in total. The number of hydrogen-bond donors (Lipinski definition) is 1. The molecule has 1 atom stereocenters. The molecule has 0 spiro atoms. The van der Waals surface area contributed by atoms with Crippen LogP contribution in [0.5, 0.6) is 0 Å². The Morgan fingerprint density at radius 1 is 1.33 bits per heavy atom. The number of anilines is 1. The quantitative estimate of drug-likeness (QED) is 0.586. The van der Waals surface area contributed by atoms with Gasteiger partial charge < -0.3 is 5.32 Å². The Hall–Kier alpha value is -2.54. The van der Waals surface area contributed by atoms with Gasteiger partial charge in [0.25, 0.3) is 5.69 Å². The molecule has 0 saturated heterocycles. The van der Waals surface area contributed by atoms with Gasteiger partial charge in [-0.2, -0.15) is 0 Å². The van der Waals surface area contributed by atoms with Crippen LogP contribution in [-0.4, -0.2) is 14.9 Å². The number of nitrogens with one attached hydrogen (secondary N) is 1. The van der Waals surface area contributed by atoms with Gasteiger partial charge in [-0.15, -0.1) is 11.3 Å². The minimum Gasteiger partial charge on any atom is -0.363 e. The monoisotopic (exact) mass is 300 g/mol. The largest absolute Gasteiger partial charge is 0.363 e. The molecule has 0 amide bonds. The summed E-state index contributed by atoms with van der Waals surface area (Å²) < 4.78 is 0. The standard InChI is InChI=1S/C14H12N4O2S/c1-9(10-3-2-4-11(7-10)18(19)20)17-13-12-5-6-21-14(12)16-8-15-13/h2-9H,1H3,(H,15,16,17)/t9-/m1/s1. The van der Waals surface area contributed by atoms with E-state index in [1.54, 1.807) is 23.5 Å². The molecule has 1 N–H and O–H groups in total. The number of rotatable bonds is 4. The van der Waals surface area contributed by atoms with E-state index in [0.717, 1.165) is 21.6 Å². The second kappa shape index (κ2) is 5.45. The van der Waals surface area contributed by atoms with Crippen LogP contribution in [0.2, 0.25) is 0 Å². The van der Waals surface area contributed by atoms with Gasteiger partial charge in [-0.05, 0) is 23.9 Å². The highest BCUT2D eigenvalue weighted by Crippen LogP contribution is 2.27. The molecule has 21 heavy (non-hydrogen) atoms. The van der Waals surface area contributed by atoms with Gasteiger partial charge in [0, 0.05) is 12.1 Å². The molecule has 0 radical (unpaired) electrons. The maximum Gasteiger partial charge on any atom is 0.269 e. The van der Waals surface area contributed by atoms with Crippen molar-refractivity contribution in [2.75, 3.05) is 5.32 Å². The van der Waals surface area contributed by atoms with E-state index >= 15 is 0 Å². The van der Waals surface area contributed by atoms with Gasteiger partial charge >= 0.3 is 0 Å². The van der Waals surface area contributed by atoms with Gasteiger partial charge in [0.1, 0.15) is 17.0 Å². The van der Waals surface area contributed by atoms with Gasteiger partial charge in [-0.25, -0.2) is 9.97 Å². The van der Waals surface area contributed by atoms with Crippen LogP contribution in [0.25, 0.3) is 10.2 Å². The normalized spacial score (nSPS) is 12.2. The molecule has 3 rings (SSSR count). The fourth-order valence-corrected chi connectivity index (χ4v) is 2.83. The average molecular weight is 300 g/mol. The summed E-state index contributed by atoms with van der Waals surface area (Å²) in [7, 11) is 0. The number of nitro benzene ring substituents is 1. The lowest BCUT2D eigenvalue weighted by Gasteiger charge is -2.15. The first-order valence-electron chi connectivity index (χ1n) is 6.34. The van der Waals surface area contributed by atoms with Crippen molar-refractivity contribution >= 4 is 33.1 Å². The zero-order valence-electron chi connectivity index (χ0n) is 11.2. The van der Waals surface area contributed by atoms with Crippen molar-refractivity contribution in [2.45, 2.75) is 13.0 Å². The van der Waals surface area contributed by atoms with Crippen LogP contribution in [0.15, 0.2) is 42.0 Å². The Labute approximate surface area is 124 Å². The lowest BCUT2D eigenvalue weighted by molar-refractivity contribution is -0.384. The number of thiophene rings is 1. The minimum absolute atomic E-state index is 0.0875. The molecule has 0 fully saturated rings. The minimum atomic E-state index is -0.391. The Kier molecular flexibility index (Phi) is 3.49. The van der Waals surface area contributed by atoms with Crippen molar-refractivity contribution < 1.29 is 4.92 Å². The van der Waals surface area contributed by atoms with E-state index in [2.05, 4.69) is 15.3 Å². The highest BCUT2D eigenvalue weighted by atomic mass is 32.1. The fraction of sp³-hybridized carbons (Fsp3) is 0.143. The highest BCUT2D eigenvalue weighted by Gasteiger charge is 2.13. The van der Waals surface area contributed by atoms with E-state index < -0.39 is 4.92 Å². The first kappa shape index (κ1) is 13.4. The second-order valence-corrected chi connectivity index (χ2v) is 5.47. The molecule has 7 heteroatoms. The molecule has 0 saturated carbocycles. The first-order valence-corrected chi connectivity index (χ1v) is 7.22. The predicted octanol–water partition coefficient (Wildman–Crippen LogP) is 3.77. The van der Waals surface area contributed by atoms with E-state index in [-0.39, 0.29) is 11.7 Å². The van der Waals surface area contributed by atoms with Crippen molar-refractivity contribution in [3.05, 3.63) is 57.7 Å². The van der Waals surface area contributed by atoms with E-state index in [1.165, 1.54) is 12.4 Å². The molecule has 0 aliphatic rings. The number of hydrogen-bond acceptors (Lipinski definition) is 6. The van der Waals surface area contributed by atoms with Crippen LogP contribution in [0, 0.1) is 10.1 Å². The van der Waals surface area contributed by atoms with Crippen LogP contribution >= 0.6 is 11.3 Å². The van der Waals surface area contributed by atoms with E-state index in [0.29, 0.717) is 0 Å². The van der Waals surface area contributed by atoms with Crippen LogP contribution < -0.4 is 5.32 Å². The van der Waals surface area contributed by atoms with Crippen molar-refractivity contribution in [2.24, 2.45) is 0 Å². The maximum atomic E-state index is 10.8. The third-order valence-corrected chi connectivity index (χ3v) is 4.02. The number of non-ortho nitro benzene ring substituents is 1. The Morgan fingerprint density at radius 3 is 3.00 bits per heavy atom. The first-order chi connectivity index (χ1) is 10.1. The van der Waals surface area contributed by atoms with Gasteiger partial charge in [-0.1, -0.05) is 12.1 Å². The Bertz CT molecular complexity index is 802. The molecular weight excluding hydrogens is 288 g/mol. The Morgan fingerprint density at radius 2 is 2.19 bits per heavy atom. The molecule has 106 valence electrons. The molecule has 0 aliphatic carbocycles. The molecular formula is C14H12N4O2S. The SMILES string of the molecule is C[C@@H](Nc1ncnc2sccc12)c1cccc([N+](=O)[O-])c1. The number of fused-ring (bicyclic) bond motifs is 1. The molecule has 0 bridgehead atoms. The summed E-state index contributed by atoms with van der Waals surface area (Å²) in [5.74, 6) is 0.736. The molecule has 3 aromatic rings. The topological polar surface area (TPSA) is 81.0 Å². The summed E-state index contributed by atoms with van der Waals surface area (Å²) >= 11 is 1.55. The van der Waals surface area contributed by atoms with Crippen molar-refractivity contribution in [3.63, 3.8) is 0 Å². The number of nitro groups is 1. The second-order valence-electron chi connectivity index (χ2n) is 4.58. The van der Waals surface area contributed by atoms with Crippen molar-refractivity contribution in [1.29, 1.82) is 0 Å². The van der Waals surface area contributed by atoms with Gasteiger partial charge in [0.05, 0.1) is 16.4 Å². The van der Waals surface area contributed by atoms with Crippen molar-refractivity contribution in [1.82, 2.24) is 9.97 Å². The lowest BCUT2D eigenvalue weighted by Crippen LogP contribution is -2.08. The van der Waals surface area contributed by atoms with Gasteiger partial charge in [0.2, 0.25) is 0 Å². The number of nitrogens with zero attached hydrogens (tertiary/aromatic N) is 3. The average Bonchev–Trinajstić information content (AvgIpc) is 2.97. The van der Waals surface area contributed by atoms with Crippen LogP contribution in [0.4, 0.5) is 11.5 Å². The van der Waals surface area contributed by atoms with Crippen LogP contribution in [-0.2, 0) is 0 Å². The Balaban J connectivity index is 1.89. The number of benzene rings is 1. The summed E-state index contributed by atoms with van der Waals surface area (Å²) in [6.07, 6.45) is 1.52. The zero-order chi connectivity index (χ0) is 14.8. The lowest BCUT2D eigenvalue weighted by atomic mass is 10.1. The van der Waals surface area contributed by atoms with E-state index in [9.17, 15) is 10.1 Å². The summed E-state index contributed by atoms with van der Waals surface area (Å²) in [4.78, 5) is 19.8. The van der Waals surface area contributed by atoms with E-state index in [4.69, 9.17) is 0 Å². The van der Waals surface area contributed by atoms with Crippen LogP contribution in [0.1, 0.15) is 18.5 Å². The third-order valence-electron chi connectivity index (χ3n) is 3.20. The molecule has 0 unspecified atom stereocenters. The molecule has 2 aromatic heterocycles. The molecule has 1 aromatic carbocycles. The van der Waals surface area contributed by atoms with Gasteiger partial charge in [0.15, 0.2) is 0 Å². The third kappa shape index (κ3) is 2.68. The fourth-order valence-electron chi connectivity index (χ4n) is 2.10. The van der Waals surface area contributed by atoms with Crippen molar-refractivity contribution in [3.8, 4) is 0 Å². The summed E-state index contributed by atoms with van der Waals surface area (Å²) in [6.45, 7) is 1.94. The summed E-state index contributed by atoms with van der Waals surface area (Å²) in [5.41, 5.74) is 0.927. The predicted molar refractivity (Wildman–Crippen MR) is 82.5 cm³/mol. The summed E-state index contributed by atoms with van der Waals surface area (Å²) in [5, 5.41) is 17.0. The highest BCUT2D eigenvalue weighted by molar-refractivity contribution is 7.16. The van der Waals surface area contributed by atoms with E-state index in [1.807, 2.05) is 24.4 Å². The summed E-state index contributed by atoms with van der Waals surface area (Å²) in [6, 6.07) is 8.47. The van der Waals surface area contributed by atoms with Gasteiger partial charge in [-0.3, -0.25) is 10.1 Å². The molecule has 0 aliphatic heterocycles. The van der Waals surface area contributed by atoms with Crippen LogP contribution in [0.3, 0.4) is 0 Å². The smallest absolute Gasteiger partial charge is 0.269 e. The number of aromatic nitrogens is 2.